The topological polar surface area (TPSA) is 12.0 Å². The molecule has 114 valence electrons. The van der Waals surface area contributed by atoms with Crippen LogP contribution in [0.5, 0.6) is 0 Å². The molecule has 1 fully saturated rings. The Morgan fingerprint density at radius 1 is 1.20 bits per heavy atom. The van der Waals surface area contributed by atoms with E-state index < -0.39 is 0 Å². The molecule has 1 heterocycles. The first kappa shape index (κ1) is 16.0. The van der Waals surface area contributed by atoms with E-state index in [4.69, 9.17) is 0 Å². The van der Waals surface area contributed by atoms with Crippen molar-refractivity contribution in [3.05, 3.63) is 21.9 Å². The number of hydrogen-bond acceptors (Lipinski definition) is 2. The highest BCUT2D eigenvalue weighted by molar-refractivity contribution is 7.11. The second-order valence-corrected chi connectivity index (χ2v) is 8.07. The van der Waals surface area contributed by atoms with Gasteiger partial charge in [-0.25, -0.2) is 0 Å². The molecule has 0 radical (unpaired) electrons. The van der Waals surface area contributed by atoms with E-state index in [1.54, 1.807) is 9.75 Å². The zero-order chi connectivity index (χ0) is 14.5. The molecule has 0 spiro atoms. The minimum Gasteiger partial charge on any atom is -0.319 e. The van der Waals surface area contributed by atoms with Gasteiger partial charge in [-0.2, -0.15) is 0 Å². The summed E-state index contributed by atoms with van der Waals surface area (Å²) in [5.74, 6) is 3.55. The van der Waals surface area contributed by atoms with Crippen LogP contribution in [0.25, 0.3) is 0 Å². The first-order valence-corrected chi connectivity index (χ1v) is 9.17. The van der Waals surface area contributed by atoms with Crippen LogP contribution in [0.4, 0.5) is 0 Å². The Labute approximate surface area is 129 Å². The Morgan fingerprint density at radius 3 is 2.55 bits per heavy atom. The molecule has 1 nitrogen and oxygen atoms in total. The SMILES string of the molecule is CCc1ccc(CC2CC(C(C)C)CCC2CNC)s1. The van der Waals surface area contributed by atoms with E-state index in [1.165, 1.54) is 38.6 Å². The molecule has 0 bridgehead atoms. The van der Waals surface area contributed by atoms with E-state index in [9.17, 15) is 0 Å². The lowest BCUT2D eigenvalue weighted by molar-refractivity contribution is 0.147. The predicted molar refractivity (Wildman–Crippen MR) is 90.5 cm³/mol. The fourth-order valence-electron chi connectivity index (χ4n) is 3.73. The van der Waals surface area contributed by atoms with Crippen LogP contribution in [-0.4, -0.2) is 13.6 Å². The fourth-order valence-corrected chi connectivity index (χ4v) is 4.78. The van der Waals surface area contributed by atoms with Crippen molar-refractivity contribution in [1.82, 2.24) is 5.32 Å². The summed E-state index contributed by atoms with van der Waals surface area (Å²) in [6.07, 6.45) is 6.78. The summed E-state index contributed by atoms with van der Waals surface area (Å²) < 4.78 is 0. The van der Waals surface area contributed by atoms with Gasteiger partial charge in [-0.3, -0.25) is 0 Å². The molecule has 1 saturated carbocycles. The van der Waals surface area contributed by atoms with Gasteiger partial charge in [0.05, 0.1) is 0 Å². The maximum absolute atomic E-state index is 3.42. The molecule has 1 aliphatic rings. The molecular formula is C18H31NS. The van der Waals surface area contributed by atoms with E-state index in [1.807, 2.05) is 11.3 Å². The summed E-state index contributed by atoms with van der Waals surface area (Å²) in [5, 5.41) is 3.42. The van der Waals surface area contributed by atoms with Crippen LogP contribution in [0.2, 0.25) is 0 Å². The summed E-state index contributed by atoms with van der Waals surface area (Å²) in [6, 6.07) is 4.70. The maximum atomic E-state index is 3.42. The smallest absolute Gasteiger partial charge is 0.00510 e. The predicted octanol–water partition coefficient (Wildman–Crippen LogP) is 4.76. The third-order valence-corrected chi connectivity index (χ3v) is 6.37. The molecule has 2 rings (SSSR count). The van der Waals surface area contributed by atoms with Gasteiger partial charge in [-0.05, 0) is 81.5 Å². The first-order valence-electron chi connectivity index (χ1n) is 8.36. The van der Waals surface area contributed by atoms with E-state index in [2.05, 4.69) is 45.3 Å². The van der Waals surface area contributed by atoms with Crippen molar-refractivity contribution in [2.75, 3.05) is 13.6 Å². The Bertz CT molecular complexity index is 396. The van der Waals surface area contributed by atoms with Gasteiger partial charge in [-0.1, -0.05) is 20.8 Å². The second kappa shape index (κ2) is 7.61. The highest BCUT2D eigenvalue weighted by atomic mass is 32.1. The van der Waals surface area contributed by atoms with E-state index in [-0.39, 0.29) is 0 Å². The standard InChI is InChI=1S/C18H31NS/c1-5-17-8-9-18(20-17)11-16-10-14(13(2)3)6-7-15(16)12-19-4/h8-9,13-16,19H,5-7,10-12H2,1-4H3. The van der Waals surface area contributed by atoms with Crippen LogP contribution in [-0.2, 0) is 12.8 Å². The lowest BCUT2D eigenvalue weighted by atomic mass is 9.69. The molecule has 1 N–H and O–H groups in total. The van der Waals surface area contributed by atoms with Crippen LogP contribution in [0.3, 0.4) is 0 Å². The summed E-state index contributed by atoms with van der Waals surface area (Å²) in [7, 11) is 2.10. The number of thiophene rings is 1. The Kier molecular flexibility index (Phi) is 6.10. The van der Waals surface area contributed by atoms with Gasteiger partial charge >= 0.3 is 0 Å². The van der Waals surface area contributed by atoms with Gasteiger partial charge in [0.15, 0.2) is 0 Å². The zero-order valence-electron chi connectivity index (χ0n) is 13.6. The lowest BCUT2D eigenvalue weighted by Crippen LogP contribution is -2.34. The zero-order valence-corrected chi connectivity index (χ0v) is 14.4. The molecule has 1 aliphatic carbocycles. The molecule has 3 unspecified atom stereocenters. The van der Waals surface area contributed by atoms with Crippen LogP contribution < -0.4 is 5.32 Å². The molecule has 20 heavy (non-hydrogen) atoms. The minimum absolute atomic E-state index is 0.850. The Balaban J connectivity index is 2.02. The van der Waals surface area contributed by atoms with Crippen molar-refractivity contribution in [2.45, 2.75) is 52.9 Å². The van der Waals surface area contributed by atoms with Crippen molar-refractivity contribution >= 4 is 11.3 Å². The molecule has 3 atom stereocenters. The molecule has 0 amide bonds. The first-order chi connectivity index (χ1) is 9.63. The largest absolute Gasteiger partial charge is 0.319 e. The third kappa shape index (κ3) is 4.08. The van der Waals surface area contributed by atoms with Crippen molar-refractivity contribution < 1.29 is 0 Å². The van der Waals surface area contributed by atoms with Crippen molar-refractivity contribution in [3.63, 3.8) is 0 Å². The Hall–Kier alpha value is -0.340. The number of rotatable bonds is 6. The molecule has 0 aromatic carbocycles. The third-order valence-electron chi connectivity index (χ3n) is 5.12. The lowest BCUT2D eigenvalue weighted by Gasteiger charge is -2.38. The van der Waals surface area contributed by atoms with E-state index in [0.717, 1.165) is 23.7 Å². The molecule has 2 heteroatoms. The monoisotopic (exact) mass is 293 g/mol. The molecule has 0 aliphatic heterocycles. The summed E-state index contributed by atoms with van der Waals surface area (Å²) >= 11 is 2.04. The summed E-state index contributed by atoms with van der Waals surface area (Å²) in [4.78, 5) is 3.15. The average Bonchev–Trinajstić information content (AvgIpc) is 2.88. The van der Waals surface area contributed by atoms with Crippen LogP contribution in [0.15, 0.2) is 12.1 Å². The number of aryl methyl sites for hydroxylation is 1. The van der Waals surface area contributed by atoms with Crippen molar-refractivity contribution in [3.8, 4) is 0 Å². The van der Waals surface area contributed by atoms with E-state index in [0.29, 0.717) is 0 Å². The molecule has 1 aromatic heterocycles. The van der Waals surface area contributed by atoms with Crippen molar-refractivity contribution in [2.24, 2.45) is 23.7 Å². The molecular weight excluding hydrogens is 262 g/mol. The Morgan fingerprint density at radius 2 is 1.95 bits per heavy atom. The molecule has 1 aromatic rings. The summed E-state index contributed by atoms with van der Waals surface area (Å²) in [5.41, 5.74) is 0. The van der Waals surface area contributed by atoms with Gasteiger partial charge in [0.2, 0.25) is 0 Å². The van der Waals surface area contributed by atoms with Crippen molar-refractivity contribution in [1.29, 1.82) is 0 Å². The van der Waals surface area contributed by atoms with Gasteiger partial charge in [-0.15, -0.1) is 11.3 Å². The van der Waals surface area contributed by atoms with Gasteiger partial charge in [0.25, 0.3) is 0 Å². The van der Waals surface area contributed by atoms with Gasteiger partial charge in [0.1, 0.15) is 0 Å². The summed E-state index contributed by atoms with van der Waals surface area (Å²) in [6.45, 7) is 8.26. The minimum atomic E-state index is 0.850. The quantitative estimate of drug-likeness (QED) is 0.797. The number of hydrogen-bond donors (Lipinski definition) is 1. The fraction of sp³-hybridized carbons (Fsp3) is 0.778. The van der Waals surface area contributed by atoms with Crippen LogP contribution >= 0.6 is 11.3 Å². The average molecular weight is 294 g/mol. The highest BCUT2D eigenvalue weighted by Gasteiger charge is 2.31. The normalized spacial score (nSPS) is 27.1. The van der Waals surface area contributed by atoms with Gasteiger partial charge < -0.3 is 5.32 Å². The number of nitrogens with one attached hydrogen (secondary N) is 1. The molecule has 0 saturated heterocycles. The maximum Gasteiger partial charge on any atom is 0.00510 e. The second-order valence-electron chi connectivity index (χ2n) is 6.82. The van der Waals surface area contributed by atoms with Crippen LogP contribution in [0.1, 0.15) is 49.8 Å². The van der Waals surface area contributed by atoms with Gasteiger partial charge in [0, 0.05) is 9.75 Å². The highest BCUT2D eigenvalue weighted by Crippen LogP contribution is 2.39. The van der Waals surface area contributed by atoms with E-state index >= 15 is 0 Å². The van der Waals surface area contributed by atoms with Crippen LogP contribution in [0, 0.1) is 23.7 Å².